The lowest BCUT2D eigenvalue weighted by Gasteiger charge is -2.11. The Morgan fingerprint density at radius 3 is 2.81 bits per heavy atom. The van der Waals surface area contributed by atoms with Crippen LogP contribution in [-0.2, 0) is 19.6 Å². The normalized spacial score (nSPS) is 18.9. The zero-order valence-electron chi connectivity index (χ0n) is 12.1. The van der Waals surface area contributed by atoms with Crippen molar-refractivity contribution in [1.29, 1.82) is 0 Å². The van der Waals surface area contributed by atoms with Gasteiger partial charge in [-0.1, -0.05) is 0 Å². The topological polar surface area (TPSA) is 113 Å². The van der Waals surface area contributed by atoms with Crippen molar-refractivity contribution in [1.82, 2.24) is 20.2 Å². The molecule has 1 amide bonds. The quantitative estimate of drug-likeness (QED) is 0.661. The lowest BCUT2D eigenvalue weighted by atomic mass is 10.2. The fourth-order valence-electron chi connectivity index (χ4n) is 2.26. The molecule has 3 N–H and O–H groups in total. The Bertz CT molecular complexity index is 585. The highest BCUT2D eigenvalue weighted by atomic mass is 32.2. The maximum Gasteiger partial charge on any atom is 0.244 e. The number of hydrogen-bond acceptors (Lipinski definition) is 5. The first kappa shape index (κ1) is 15.9. The summed E-state index contributed by atoms with van der Waals surface area (Å²) < 4.78 is 31.9. The van der Waals surface area contributed by atoms with Crippen molar-refractivity contribution in [2.24, 2.45) is 0 Å². The molecule has 0 aromatic carbocycles. The second kappa shape index (κ2) is 6.54. The summed E-state index contributed by atoms with van der Waals surface area (Å²) in [5.41, 5.74) is 0.819. The molecule has 1 unspecified atom stereocenters. The summed E-state index contributed by atoms with van der Waals surface area (Å²) >= 11 is 0. The Labute approximate surface area is 123 Å². The van der Waals surface area contributed by atoms with Gasteiger partial charge in [-0.25, -0.2) is 13.1 Å². The molecule has 1 saturated heterocycles. The van der Waals surface area contributed by atoms with Crippen LogP contribution < -0.4 is 10.0 Å². The van der Waals surface area contributed by atoms with Crippen molar-refractivity contribution < 1.29 is 17.9 Å². The number of aryl methyl sites for hydroxylation is 2. The zero-order chi connectivity index (χ0) is 15.5. The lowest BCUT2D eigenvalue weighted by molar-refractivity contribution is -0.120. The predicted molar refractivity (Wildman–Crippen MR) is 75.2 cm³/mol. The highest BCUT2D eigenvalue weighted by molar-refractivity contribution is 7.89. The van der Waals surface area contributed by atoms with E-state index in [1.54, 1.807) is 13.8 Å². The van der Waals surface area contributed by atoms with Crippen molar-refractivity contribution in [3.05, 3.63) is 11.4 Å². The first-order valence-electron chi connectivity index (χ1n) is 6.79. The van der Waals surface area contributed by atoms with Crippen LogP contribution in [0.4, 0.5) is 0 Å². The van der Waals surface area contributed by atoms with Gasteiger partial charge in [0.1, 0.15) is 4.90 Å². The van der Waals surface area contributed by atoms with E-state index in [0.29, 0.717) is 24.5 Å². The number of sulfonamides is 1. The summed E-state index contributed by atoms with van der Waals surface area (Å²) in [5.74, 6) is -0.382. The summed E-state index contributed by atoms with van der Waals surface area (Å²) in [6.45, 7) is 4.03. The van der Waals surface area contributed by atoms with Crippen LogP contribution in [0.2, 0.25) is 0 Å². The summed E-state index contributed by atoms with van der Waals surface area (Å²) in [7, 11) is -3.75. The van der Waals surface area contributed by atoms with Gasteiger partial charge in [0.15, 0.2) is 0 Å². The van der Waals surface area contributed by atoms with Gasteiger partial charge in [-0.2, -0.15) is 5.10 Å². The average Bonchev–Trinajstić information content (AvgIpc) is 3.04. The average molecular weight is 316 g/mol. The van der Waals surface area contributed by atoms with Crippen molar-refractivity contribution in [3.8, 4) is 0 Å². The Hall–Kier alpha value is -1.45. The number of nitrogens with zero attached hydrogens (tertiary/aromatic N) is 1. The van der Waals surface area contributed by atoms with Crippen LogP contribution in [0.1, 0.15) is 24.2 Å². The molecule has 1 fully saturated rings. The van der Waals surface area contributed by atoms with Gasteiger partial charge >= 0.3 is 0 Å². The van der Waals surface area contributed by atoms with E-state index in [9.17, 15) is 13.2 Å². The highest BCUT2D eigenvalue weighted by Crippen LogP contribution is 2.15. The molecule has 21 heavy (non-hydrogen) atoms. The number of H-pyrrole nitrogens is 1. The summed E-state index contributed by atoms with van der Waals surface area (Å²) in [5, 5.41) is 9.10. The zero-order valence-corrected chi connectivity index (χ0v) is 12.9. The maximum atomic E-state index is 12.1. The van der Waals surface area contributed by atoms with Crippen LogP contribution in [0.25, 0.3) is 0 Å². The van der Waals surface area contributed by atoms with E-state index in [1.807, 2.05) is 0 Å². The fourth-order valence-corrected chi connectivity index (χ4v) is 3.61. The smallest absolute Gasteiger partial charge is 0.244 e. The molecule has 9 heteroatoms. The van der Waals surface area contributed by atoms with Crippen LogP contribution >= 0.6 is 0 Å². The number of aromatic nitrogens is 2. The minimum atomic E-state index is -3.75. The molecule has 1 aromatic rings. The molecule has 0 bridgehead atoms. The second-order valence-electron chi connectivity index (χ2n) is 5.03. The standard InChI is InChI=1S/C12H20N4O4S/c1-8-12(9(2)16-15-8)21(18,19)14-7-11(17)13-6-10-4-3-5-20-10/h10,14H,3-7H2,1-2H3,(H,13,17)(H,15,16). The molecule has 0 radical (unpaired) electrons. The van der Waals surface area contributed by atoms with Crippen molar-refractivity contribution in [2.45, 2.75) is 37.7 Å². The molecule has 0 spiro atoms. The van der Waals surface area contributed by atoms with Gasteiger partial charge < -0.3 is 10.1 Å². The van der Waals surface area contributed by atoms with Crippen LogP contribution in [0.15, 0.2) is 4.90 Å². The molecule has 1 aliphatic heterocycles. The minimum Gasteiger partial charge on any atom is -0.376 e. The molecule has 1 aliphatic rings. The molecule has 2 heterocycles. The molecule has 0 aliphatic carbocycles. The number of aromatic amines is 1. The van der Waals surface area contributed by atoms with Gasteiger partial charge in [-0.05, 0) is 26.7 Å². The summed E-state index contributed by atoms with van der Waals surface area (Å²) in [6.07, 6.45) is 1.94. The van der Waals surface area contributed by atoms with Gasteiger partial charge in [-0.15, -0.1) is 0 Å². The SMILES string of the molecule is Cc1n[nH]c(C)c1S(=O)(=O)NCC(=O)NCC1CCCO1. The van der Waals surface area contributed by atoms with Gasteiger partial charge in [0.2, 0.25) is 15.9 Å². The monoisotopic (exact) mass is 316 g/mol. The second-order valence-corrected chi connectivity index (χ2v) is 6.73. The first-order valence-corrected chi connectivity index (χ1v) is 8.28. The number of hydrogen-bond donors (Lipinski definition) is 3. The van der Waals surface area contributed by atoms with Crippen molar-refractivity contribution >= 4 is 15.9 Å². The van der Waals surface area contributed by atoms with E-state index >= 15 is 0 Å². The van der Waals surface area contributed by atoms with Gasteiger partial charge in [-0.3, -0.25) is 9.89 Å². The fraction of sp³-hybridized carbons (Fsp3) is 0.667. The van der Waals surface area contributed by atoms with E-state index in [-0.39, 0.29) is 23.5 Å². The maximum absolute atomic E-state index is 12.1. The number of ether oxygens (including phenoxy) is 1. The van der Waals surface area contributed by atoms with E-state index < -0.39 is 10.0 Å². The van der Waals surface area contributed by atoms with Crippen molar-refractivity contribution in [3.63, 3.8) is 0 Å². The van der Waals surface area contributed by atoms with Gasteiger partial charge in [0.25, 0.3) is 0 Å². The van der Waals surface area contributed by atoms with Crippen LogP contribution in [-0.4, -0.2) is 50.3 Å². The van der Waals surface area contributed by atoms with E-state index in [4.69, 9.17) is 4.74 Å². The third-order valence-electron chi connectivity index (χ3n) is 3.30. The van der Waals surface area contributed by atoms with Crippen molar-refractivity contribution in [2.75, 3.05) is 19.7 Å². The molecule has 0 saturated carbocycles. The number of carbonyl (C=O) groups is 1. The summed E-state index contributed by atoms with van der Waals surface area (Å²) in [4.78, 5) is 11.8. The lowest BCUT2D eigenvalue weighted by Crippen LogP contribution is -2.40. The molecule has 2 rings (SSSR count). The molecule has 1 atom stereocenters. The van der Waals surface area contributed by atoms with E-state index in [2.05, 4.69) is 20.2 Å². The number of rotatable bonds is 6. The van der Waals surface area contributed by atoms with Crippen LogP contribution in [0, 0.1) is 13.8 Å². The van der Waals surface area contributed by atoms with Gasteiger partial charge in [0.05, 0.1) is 24.0 Å². The number of amides is 1. The Morgan fingerprint density at radius 2 is 2.24 bits per heavy atom. The molecular formula is C12H20N4O4S. The van der Waals surface area contributed by atoms with Gasteiger partial charge in [0, 0.05) is 13.2 Å². The Morgan fingerprint density at radius 1 is 1.48 bits per heavy atom. The number of nitrogens with one attached hydrogen (secondary N) is 3. The molecular weight excluding hydrogens is 296 g/mol. The minimum absolute atomic E-state index is 0.0314. The molecule has 8 nitrogen and oxygen atoms in total. The van der Waals surface area contributed by atoms with Crippen LogP contribution in [0.3, 0.4) is 0 Å². The van der Waals surface area contributed by atoms with Crippen LogP contribution in [0.5, 0.6) is 0 Å². The highest BCUT2D eigenvalue weighted by Gasteiger charge is 2.23. The molecule has 1 aromatic heterocycles. The third kappa shape index (κ3) is 4.02. The summed E-state index contributed by atoms with van der Waals surface area (Å²) in [6, 6.07) is 0. The largest absolute Gasteiger partial charge is 0.376 e. The van der Waals surface area contributed by atoms with E-state index in [0.717, 1.165) is 12.8 Å². The Kier molecular flexibility index (Phi) is 4.96. The Balaban J connectivity index is 1.85. The molecule has 118 valence electrons. The predicted octanol–water partition coefficient (Wildman–Crippen LogP) is -0.400. The first-order chi connectivity index (χ1) is 9.90. The third-order valence-corrected chi connectivity index (χ3v) is 4.97. The van der Waals surface area contributed by atoms with E-state index in [1.165, 1.54) is 0 Å². The number of carbonyl (C=O) groups excluding carboxylic acids is 1.